The van der Waals surface area contributed by atoms with Crippen LogP contribution in [0.1, 0.15) is 25.5 Å². The fourth-order valence-corrected chi connectivity index (χ4v) is 2.39. The molecule has 1 rings (SSSR count). The number of aromatic amines is 1. The van der Waals surface area contributed by atoms with Gasteiger partial charge >= 0.3 is 11.9 Å². The lowest BCUT2D eigenvalue weighted by Crippen LogP contribution is -2.56. The molecule has 0 aromatic carbocycles. The molecule has 1 heterocycles. The van der Waals surface area contributed by atoms with Gasteiger partial charge in [-0.3, -0.25) is 19.2 Å². The molecular formula is C17H26N6O8. The van der Waals surface area contributed by atoms with Crippen LogP contribution < -0.4 is 21.7 Å². The molecule has 172 valence electrons. The highest BCUT2D eigenvalue weighted by molar-refractivity contribution is 5.94. The third kappa shape index (κ3) is 8.79. The van der Waals surface area contributed by atoms with Crippen molar-refractivity contribution in [3.8, 4) is 0 Å². The largest absolute Gasteiger partial charge is 0.481 e. The van der Waals surface area contributed by atoms with Gasteiger partial charge in [0.1, 0.15) is 24.2 Å². The minimum Gasteiger partial charge on any atom is -0.481 e. The van der Waals surface area contributed by atoms with Crippen molar-refractivity contribution < 1.29 is 39.3 Å². The van der Waals surface area contributed by atoms with Gasteiger partial charge < -0.3 is 42.0 Å². The number of H-pyrrole nitrogens is 1. The molecule has 0 saturated heterocycles. The molecule has 0 fully saturated rings. The number of hydrogen-bond donors (Lipinski definition) is 8. The first-order valence-corrected chi connectivity index (χ1v) is 9.24. The molecule has 9 N–H and O–H groups in total. The molecule has 0 bridgehead atoms. The quantitative estimate of drug-likeness (QED) is 0.151. The molecule has 0 aliphatic rings. The van der Waals surface area contributed by atoms with Gasteiger partial charge in [-0.15, -0.1) is 0 Å². The third-order valence-corrected chi connectivity index (χ3v) is 4.16. The minimum atomic E-state index is -1.38. The Hall–Kier alpha value is -3.52. The molecule has 0 spiro atoms. The fraction of sp³-hybridized carbons (Fsp3) is 0.529. The van der Waals surface area contributed by atoms with E-state index in [1.165, 1.54) is 19.4 Å². The highest BCUT2D eigenvalue weighted by Gasteiger charge is 2.29. The van der Waals surface area contributed by atoms with Gasteiger partial charge in [-0.25, -0.2) is 9.78 Å². The van der Waals surface area contributed by atoms with Crippen LogP contribution in [0.25, 0.3) is 0 Å². The fourth-order valence-electron chi connectivity index (χ4n) is 2.39. The van der Waals surface area contributed by atoms with Gasteiger partial charge in [-0.1, -0.05) is 0 Å². The van der Waals surface area contributed by atoms with E-state index in [4.69, 9.17) is 15.9 Å². The molecule has 31 heavy (non-hydrogen) atoms. The SMILES string of the molecule is CC(NC(=O)C(N)CO)C(=O)NC(CCC(=O)O)C(=O)NC(Cc1cnc[nH]1)C(=O)O. The summed E-state index contributed by atoms with van der Waals surface area (Å²) in [5.74, 6) is -5.11. The molecule has 1 aromatic heterocycles. The Morgan fingerprint density at radius 3 is 2.23 bits per heavy atom. The second-order valence-electron chi connectivity index (χ2n) is 6.69. The number of imidazole rings is 1. The lowest BCUT2D eigenvalue weighted by Gasteiger charge is -2.23. The Morgan fingerprint density at radius 1 is 1.06 bits per heavy atom. The van der Waals surface area contributed by atoms with Crippen LogP contribution in [0.2, 0.25) is 0 Å². The van der Waals surface area contributed by atoms with Gasteiger partial charge in [0.2, 0.25) is 17.7 Å². The van der Waals surface area contributed by atoms with Crippen LogP contribution in [0.5, 0.6) is 0 Å². The van der Waals surface area contributed by atoms with Crippen molar-refractivity contribution in [3.05, 3.63) is 18.2 Å². The Morgan fingerprint density at radius 2 is 1.71 bits per heavy atom. The highest BCUT2D eigenvalue weighted by atomic mass is 16.4. The smallest absolute Gasteiger partial charge is 0.326 e. The number of nitrogens with one attached hydrogen (secondary N) is 4. The van der Waals surface area contributed by atoms with Gasteiger partial charge in [0.25, 0.3) is 0 Å². The summed E-state index contributed by atoms with van der Waals surface area (Å²) < 4.78 is 0. The van der Waals surface area contributed by atoms with E-state index in [9.17, 15) is 29.1 Å². The van der Waals surface area contributed by atoms with Crippen LogP contribution in [0, 0.1) is 0 Å². The van der Waals surface area contributed by atoms with E-state index in [0.717, 1.165) is 0 Å². The molecule has 0 saturated carbocycles. The number of carboxylic acid groups (broad SMARTS) is 2. The zero-order chi connectivity index (χ0) is 23.6. The van der Waals surface area contributed by atoms with Crippen molar-refractivity contribution >= 4 is 29.7 Å². The zero-order valence-corrected chi connectivity index (χ0v) is 16.7. The zero-order valence-electron chi connectivity index (χ0n) is 16.7. The molecule has 0 aliphatic carbocycles. The predicted octanol–water partition coefficient (Wildman–Crippen LogP) is -3.30. The molecule has 1 aromatic rings. The Bertz CT molecular complexity index is 784. The van der Waals surface area contributed by atoms with E-state index in [2.05, 4.69) is 25.9 Å². The number of hydrogen-bond acceptors (Lipinski definition) is 8. The van der Waals surface area contributed by atoms with E-state index in [1.54, 1.807) is 0 Å². The summed E-state index contributed by atoms with van der Waals surface area (Å²) in [6.07, 6.45) is 1.80. The normalized spacial score (nSPS) is 14.5. The molecule has 14 heteroatoms. The summed E-state index contributed by atoms with van der Waals surface area (Å²) in [4.78, 5) is 65.5. The first kappa shape index (κ1) is 25.5. The maximum Gasteiger partial charge on any atom is 0.326 e. The maximum absolute atomic E-state index is 12.6. The molecule has 0 aliphatic heterocycles. The predicted molar refractivity (Wildman–Crippen MR) is 103 cm³/mol. The van der Waals surface area contributed by atoms with E-state index >= 15 is 0 Å². The van der Waals surface area contributed by atoms with Crippen molar-refractivity contribution in [2.24, 2.45) is 5.73 Å². The lowest BCUT2D eigenvalue weighted by atomic mass is 10.1. The van der Waals surface area contributed by atoms with E-state index < -0.39 is 66.9 Å². The number of aliphatic hydroxyl groups excluding tert-OH is 1. The molecule has 4 atom stereocenters. The Balaban J connectivity index is 2.84. The van der Waals surface area contributed by atoms with Gasteiger partial charge in [0, 0.05) is 24.7 Å². The van der Waals surface area contributed by atoms with Crippen molar-refractivity contribution in [3.63, 3.8) is 0 Å². The Kier molecular flexibility index (Phi) is 10.1. The second-order valence-corrected chi connectivity index (χ2v) is 6.69. The number of carbonyl (C=O) groups is 5. The van der Waals surface area contributed by atoms with Crippen LogP contribution in [-0.2, 0) is 30.4 Å². The van der Waals surface area contributed by atoms with Crippen LogP contribution >= 0.6 is 0 Å². The van der Waals surface area contributed by atoms with E-state index in [1.807, 2.05) is 0 Å². The van der Waals surface area contributed by atoms with Gasteiger partial charge in [0.05, 0.1) is 12.9 Å². The van der Waals surface area contributed by atoms with Crippen LogP contribution in [0.3, 0.4) is 0 Å². The summed E-state index contributed by atoms with van der Waals surface area (Å²) in [6, 6.07) is -5.15. The Labute approximate surface area is 176 Å². The molecule has 3 amide bonds. The molecule has 0 radical (unpaired) electrons. The summed E-state index contributed by atoms with van der Waals surface area (Å²) in [7, 11) is 0. The van der Waals surface area contributed by atoms with Crippen LogP contribution in [0.4, 0.5) is 0 Å². The second kappa shape index (κ2) is 12.2. The monoisotopic (exact) mass is 442 g/mol. The summed E-state index contributed by atoms with van der Waals surface area (Å²) in [5.41, 5.74) is 5.79. The summed E-state index contributed by atoms with van der Waals surface area (Å²) >= 11 is 0. The summed E-state index contributed by atoms with van der Waals surface area (Å²) in [6.45, 7) is 0.651. The average molecular weight is 442 g/mol. The molecular weight excluding hydrogens is 416 g/mol. The third-order valence-electron chi connectivity index (χ3n) is 4.16. The van der Waals surface area contributed by atoms with Crippen molar-refractivity contribution in [2.75, 3.05) is 6.61 Å². The minimum absolute atomic E-state index is 0.119. The first-order valence-electron chi connectivity index (χ1n) is 9.24. The molecule has 14 nitrogen and oxygen atoms in total. The number of nitrogens with zero attached hydrogens (tertiary/aromatic N) is 1. The number of rotatable bonds is 13. The highest BCUT2D eigenvalue weighted by Crippen LogP contribution is 2.04. The molecule has 4 unspecified atom stereocenters. The van der Waals surface area contributed by atoms with Gasteiger partial charge in [-0.2, -0.15) is 0 Å². The van der Waals surface area contributed by atoms with E-state index in [0.29, 0.717) is 5.69 Å². The number of aliphatic carboxylic acids is 2. The van der Waals surface area contributed by atoms with Crippen molar-refractivity contribution in [2.45, 2.75) is 50.4 Å². The van der Waals surface area contributed by atoms with Crippen molar-refractivity contribution in [1.82, 2.24) is 25.9 Å². The van der Waals surface area contributed by atoms with Gasteiger partial charge in [0.15, 0.2) is 0 Å². The first-order chi connectivity index (χ1) is 14.5. The average Bonchev–Trinajstić information content (AvgIpc) is 3.22. The standard InChI is InChI=1S/C17H26N6O8/c1-8(21-15(28)10(18)6-24)14(27)22-11(2-3-13(25)26)16(29)23-12(17(30)31)4-9-5-19-7-20-9/h5,7-8,10-12,24H,2-4,6,18H2,1H3,(H,19,20)(H,21,28)(H,22,27)(H,23,29)(H,25,26)(H,30,31). The van der Waals surface area contributed by atoms with E-state index in [-0.39, 0.29) is 12.8 Å². The number of carboxylic acids is 2. The maximum atomic E-state index is 12.6. The summed E-state index contributed by atoms with van der Waals surface area (Å²) in [5, 5.41) is 33.9. The number of aliphatic hydroxyl groups is 1. The van der Waals surface area contributed by atoms with Crippen LogP contribution in [-0.4, -0.2) is 85.7 Å². The number of aromatic nitrogens is 2. The number of carbonyl (C=O) groups excluding carboxylic acids is 3. The van der Waals surface area contributed by atoms with Crippen LogP contribution in [0.15, 0.2) is 12.5 Å². The number of amides is 3. The lowest BCUT2D eigenvalue weighted by molar-refractivity contribution is -0.143. The van der Waals surface area contributed by atoms with Gasteiger partial charge in [-0.05, 0) is 13.3 Å². The number of nitrogens with two attached hydrogens (primary N) is 1. The van der Waals surface area contributed by atoms with Crippen molar-refractivity contribution in [1.29, 1.82) is 0 Å². The topological polar surface area (TPSA) is 237 Å².